The molecule has 0 aliphatic carbocycles. The number of hydrogen-bond acceptors (Lipinski definition) is 3. The summed E-state index contributed by atoms with van der Waals surface area (Å²) in [5.74, 6) is 0.989. The number of nitrogens with zero attached hydrogens (tertiary/aromatic N) is 1. The van der Waals surface area contributed by atoms with Crippen molar-refractivity contribution in [1.82, 2.24) is 15.2 Å². The van der Waals surface area contributed by atoms with Gasteiger partial charge in [0.2, 0.25) is 5.91 Å². The summed E-state index contributed by atoms with van der Waals surface area (Å²) < 4.78 is 5.29. The third kappa shape index (κ3) is 3.22. The van der Waals surface area contributed by atoms with E-state index < -0.39 is 0 Å². The van der Waals surface area contributed by atoms with Crippen LogP contribution in [0.25, 0.3) is 10.9 Å². The molecule has 0 atom stereocenters. The fourth-order valence-corrected chi connectivity index (χ4v) is 3.28. The van der Waals surface area contributed by atoms with Gasteiger partial charge in [-0.3, -0.25) is 9.59 Å². The zero-order chi connectivity index (χ0) is 18.1. The first-order valence-corrected chi connectivity index (χ1v) is 8.76. The van der Waals surface area contributed by atoms with E-state index in [9.17, 15) is 9.59 Å². The molecular formula is C20H21N3O3. The smallest absolute Gasteiger partial charge is 0.253 e. The molecular weight excluding hydrogens is 330 g/mol. The number of aromatic amines is 1. The van der Waals surface area contributed by atoms with Gasteiger partial charge in [0.25, 0.3) is 5.91 Å². The summed E-state index contributed by atoms with van der Waals surface area (Å²) in [5.41, 5.74) is 2.64. The van der Waals surface area contributed by atoms with Gasteiger partial charge in [-0.2, -0.15) is 0 Å². The van der Waals surface area contributed by atoms with Gasteiger partial charge in [0.05, 0.1) is 12.7 Å². The molecule has 6 nitrogen and oxygen atoms in total. The normalized spacial score (nSPS) is 14.4. The first-order valence-electron chi connectivity index (χ1n) is 8.76. The third-order valence-electron chi connectivity index (χ3n) is 4.92. The lowest BCUT2D eigenvalue weighted by Gasteiger charge is -2.39. The van der Waals surface area contributed by atoms with E-state index in [0.717, 1.165) is 16.5 Å². The number of carbonyl (C=O) groups is 2. The van der Waals surface area contributed by atoms with Crippen LogP contribution >= 0.6 is 0 Å². The molecule has 2 N–H and O–H groups in total. The molecule has 2 aromatic heterocycles. The highest BCUT2D eigenvalue weighted by molar-refractivity contribution is 5.98. The van der Waals surface area contributed by atoms with Gasteiger partial charge in [0.1, 0.15) is 5.76 Å². The van der Waals surface area contributed by atoms with Crippen LogP contribution in [0.3, 0.4) is 0 Å². The second-order valence-electron chi connectivity index (χ2n) is 6.86. The van der Waals surface area contributed by atoms with Crippen LogP contribution in [-0.2, 0) is 11.2 Å². The second kappa shape index (κ2) is 6.71. The van der Waals surface area contributed by atoms with Gasteiger partial charge in [-0.25, -0.2) is 0 Å². The predicted octanol–water partition coefficient (Wildman–Crippen LogP) is 2.50. The fraction of sp³-hybridized carbons (Fsp3) is 0.300. The van der Waals surface area contributed by atoms with Gasteiger partial charge in [0, 0.05) is 42.8 Å². The lowest BCUT2D eigenvalue weighted by Crippen LogP contribution is -2.53. The fourth-order valence-electron chi connectivity index (χ4n) is 3.28. The maximum Gasteiger partial charge on any atom is 0.253 e. The first-order chi connectivity index (χ1) is 12.6. The minimum Gasteiger partial charge on any atom is -0.469 e. The molecule has 1 aromatic carbocycles. The largest absolute Gasteiger partial charge is 0.469 e. The number of amides is 2. The maximum absolute atomic E-state index is 12.5. The Bertz CT molecular complexity index is 950. The van der Waals surface area contributed by atoms with Crippen molar-refractivity contribution < 1.29 is 14.0 Å². The van der Waals surface area contributed by atoms with E-state index in [1.54, 1.807) is 6.26 Å². The highest BCUT2D eigenvalue weighted by Gasteiger charge is 2.31. The van der Waals surface area contributed by atoms with Gasteiger partial charge in [-0.15, -0.1) is 0 Å². The summed E-state index contributed by atoms with van der Waals surface area (Å²) in [5, 5.41) is 4.02. The molecule has 134 valence electrons. The molecule has 26 heavy (non-hydrogen) atoms. The van der Waals surface area contributed by atoms with Crippen molar-refractivity contribution >= 4 is 22.7 Å². The Morgan fingerprint density at radius 1 is 1.27 bits per heavy atom. The number of rotatable bonds is 5. The van der Waals surface area contributed by atoms with Crippen LogP contribution in [0.15, 0.2) is 47.2 Å². The van der Waals surface area contributed by atoms with Crippen LogP contribution in [-0.4, -0.2) is 41.3 Å². The number of hydrogen-bond donors (Lipinski definition) is 2. The number of fused-ring (bicyclic) bond motifs is 1. The Morgan fingerprint density at radius 2 is 2.12 bits per heavy atom. The number of benzene rings is 1. The van der Waals surface area contributed by atoms with Gasteiger partial charge in [-0.1, -0.05) is 6.07 Å². The summed E-state index contributed by atoms with van der Waals surface area (Å²) in [4.78, 5) is 29.5. The highest BCUT2D eigenvalue weighted by atomic mass is 16.3. The van der Waals surface area contributed by atoms with Crippen LogP contribution in [0.4, 0.5) is 0 Å². The van der Waals surface area contributed by atoms with Crippen LogP contribution in [0, 0.1) is 12.8 Å². The van der Waals surface area contributed by atoms with Crippen LogP contribution in [0.2, 0.25) is 0 Å². The number of carbonyl (C=O) groups excluding carboxylic acids is 2. The summed E-state index contributed by atoms with van der Waals surface area (Å²) in [6, 6.07) is 9.53. The molecule has 1 aliphatic heterocycles. The summed E-state index contributed by atoms with van der Waals surface area (Å²) in [6.45, 7) is 3.84. The molecule has 0 radical (unpaired) electrons. The Kier molecular flexibility index (Phi) is 4.24. The Labute approximate surface area is 151 Å². The summed E-state index contributed by atoms with van der Waals surface area (Å²) >= 11 is 0. The molecule has 4 rings (SSSR count). The Balaban J connectivity index is 1.25. The number of aryl methyl sites for hydroxylation is 1. The second-order valence-corrected chi connectivity index (χ2v) is 6.86. The summed E-state index contributed by atoms with van der Waals surface area (Å²) in [6.07, 6.45) is 3.72. The molecule has 1 saturated heterocycles. The number of nitrogens with one attached hydrogen (secondary N) is 2. The van der Waals surface area contributed by atoms with Crippen LogP contribution < -0.4 is 5.32 Å². The molecule has 0 saturated carbocycles. The SMILES string of the molecule is Cc1ccoc1CC(=O)NCC1CN(C(=O)c2ccc3cc[nH]c3c2)C1. The molecule has 2 amide bonds. The van der Waals surface area contributed by atoms with E-state index in [4.69, 9.17) is 4.42 Å². The average Bonchev–Trinajstić information content (AvgIpc) is 3.21. The quantitative estimate of drug-likeness (QED) is 0.741. The maximum atomic E-state index is 12.5. The number of H-pyrrole nitrogens is 1. The van der Waals surface area contributed by atoms with Crippen molar-refractivity contribution in [3.63, 3.8) is 0 Å². The number of aromatic nitrogens is 1. The van der Waals surface area contributed by atoms with E-state index in [-0.39, 0.29) is 18.2 Å². The van der Waals surface area contributed by atoms with Gasteiger partial charge < -0.3 is 19.6 Å². The van der Waals surface area contributed by atoms with Crippen molar-refractivity contribution in [2.45, 2.75) is 13.3 Å². The minimum absolute atomic E-state index is 0.0373. The molecule has 0 unspecified atom stereocenters. The topological polar surface area (TPSA) is 78.3 Å². The van der Waals surface area contributed by atoms with Crippen LogP contribution in [0.5, 0.6) is 0 Å². The van der Waals surface area contributed by atoms with Crippen molar-refractivity contribution in [3.05, 3.63) is 59.7 Å². The van der Waals surface area contributed by atoms with Crippen molar-refractivity contribution in [2.75, 3.05) is 19.6 Å². The van der Waals surface area contributed by atoms with Gasteiger partial charge >= 0.3 is 0 Å². The van der Waals surface area contributed by atoms with Crippen molar-refractivity contribution in [2.24, 2.45) is 5.92 Å². The molecule has 6 heteroatoms. The zero-order valence-electron chi connectivity index (χ0n) is 14.6. The molecule has 1 aliphatic rings. The average molecular weight is 351 g/mol. The Morgan fingerprint density at radius 3 is 2.88 bits per heavy atom. The van der Waals surface area contributed by atoms with E-state index in [0.29, 0.717) is 36.9 Å². The summed E-state index contributed by atoms with van der Waals surface area (Å²) in [7, 11) is 0. The predicted molar refractivity (Wildman–Crippen MR) is 97.9 cm³/mol. The lowest BCUT2D eigenvalue weighted by atomic mass is 9.98. The highest BCUT2D eigenvalue weighted by Crippen LogP contribution is 2.21. The zero-order valence-corrected chi connectivity index (χ0v) is 14.6. The van der Waals surface area contributed by atoms with E-state index in [2.05, 4.69) is 10.3 Å². The van der Waals surface area contributed by atoms with Crippen LogP contribution in [0.1, 0.15) is 21.7 Å². The van der Waals surface area contributed by atoms with Crippen molar-refractivity contribution in [3.8, 4) is 0 Å². The molecule has 0 spiro atoms. The van der Waals surface area contributed by atoms with Crippen molar-refractivity contribution in [1.29, 1.82) is 0 Å². The molecule has 3 heterocycles. The number of likely N-dealkylation sites (tertiary alicyclic amines) is 1. The van der Waals surface area contributed by atoms with E-state index >= 15 is 0 Å². The monoisotopic (exact) mass is 351 g/mol. The Hall–Kier alpha value is -3.02. The number of furan rings is 1. The van der Waals surface area contributed by atoms with Gasteiger partial charge in [-0.05, 0) is 42.1 Å². The molecule has 0 bridgehead atoms. The minimum atomic E-state index is -0.0509. The lowest BCUT2D eigenvalue weighted by molar-refractivity contribution is -0.121. The molecule has 1 fully saturated rings. The van der Waals surface area contributed by atoms with E-state index in [1.165, 1.54) is 0 Å². The molecule has 3 aromatic rings. The van der Waals surface area contributed by atoms with Gasteiger partial charge in [0.15, 0.2) is 0 Å². The van der Waals surface area contributed by atoms with E-state index in [1.807, 2.05) is 48.4 Å². The standard InChI is InChI=1S/C20H21N3O3/c1-13-5-7-26-18(13)9-19(24)22-10-14-11-23(12-14)20(25)16-3-2-15-4-6-21-17(15)8-16/h2-8,14,21H,9-12H2,1H3,(H,22,24). The third-order valence-corrected chi connectivity index (χ3v) is 4.92. The first kappa shape index (κ1) is 16.4.